The van der Waals surface area contributed by atoms with Gasteiger partial charge >= 0.3 is 0 Å². The van der Waals surface area contributed by atoms with Gasteiger partial charge in [-0.05, 0) is 26.4 Å². The van der Waals surface area contributed by atoms with Crippen LogP contribution in [0.25, 0.3) is 0 Å². The minimum absolute atomic E-state index is 0.736. The Balaban J connectivity index is 2.37. The molecule has 0 saturated carbocycles. The molecule has 3 nitrogen and oxygen atoms in total. The van der Waals surface area contributed by atoms with Gasteiger partial charge in [0.2, 0.25) is 0 Å². The molecule has 1 rings (SSSR count). The fourth-order valence-corrected chi connectivity index (χ4v) is 2.77. The molecule has 1 N–H and O–H groups in total. The minimum atomic E-state index is 0.736. The molecule has 1 heterocycles. The van der Waals surface area contributed by atoms with Gasteiger partial charge in [-0.1, -0.05) is 20.3 Å². The fourth-order valence-electron chi connectivity index (χ4n) is 2.77. The van der Waals surface area contributed by atoms with Gasteiger partial charge in [0.1, 0.15) is 0 Å². The second kappa shape index (κ2) is 7.25. The molecule has 1 saturated heterocycles. The smallest absolute Gasteiger partial charge is 0.0127 e. The molecule has 0 aliphatic carbocycles. The Labute approximate surface area is 101 Å². The number of nitrogens with one attached hydrogen (secondary N) is 1. The first kappa shape index (κ1) is 13.9. The summed E-state index contributed by atoms with van der Waals surface area (Å²) in [6.45, 7) is 10.7. The first-order valence-corrected chi connectivity index (χ1v) is 6.74. The van der Waals surface area contributed by atoms with Crippen LogP contribution in [0.2, 0.25) is 0 Å². The van der Waals surface area contributed by atoms with E-state index in [0.717, 1.165) is 25.0 Å². The Morgan fingerprint density at radius 1 is 1.25 bits per heavy atom. The summed E-state index contributed by atoms with van der Waals surface area (Å²) in [7, 11) is 4.43. The maximum atomic E-state index is 3.41. The Morgan fingerprint density at radius 2 is 1.88 bits per heavy atom. The predicted octanol–water partition coefficient (Wildman–Crippen LogP) is 1.26. The van der Waals surface area contributed by atoms with Crippen molar-refractivity contribution in [1.82, 2.24) is 15.1 Å². The molecule has 0 aromatic carbocycles. The van der Waals surface area contributed by atoms with Crippen molar-refractivity contribution in [2.24, 2.45) is 5.92 Å². The largest absolute Gasteiger partial charge is 0.314 e. The van der Waals surface area contributed by atoms with Gasteiger partial charge in [-0.3, -0.25) is 0 Å². The number of hydrogen-bond acceptors (Lipinski definition) is 3. The molecule has 0 amide bonds. The summed E-state index contributed by atoms with van der Waals surface area (Å²) in [6.07, 6.45) is 2.61. The number of rotatable bonds is 6. The van der Waals surface area contributed by atoms with Crippen LogP contribution >= 0.6 is 0 Å². The zero-order valence-electron chi connectivity index (χ0n) is 11.5. The second-order valence-corrected chi connectivity index (χ2v) is 5.35. The van der Waals surface area contributed by atoms with Gasteiger partial charge in [0.25, 0.3) is 0 Å². The van der Waals surface area contributed by atoms with E-state index in [1.807, 2.05) is 0 Å². The second-order valence-electron chi connectivity index (χ2n) is 5.35. The number of piperazine rings is 1. The lowest BCUT2D eigenvalue weighted by molar-refractivity contribution is 0.141. The lowest BCUT2D eigenvalue weighted by Crippen LogP contribution is -2.47. The molecule has 0 radical (unpaired) electrons. The summed E-state index contributed by atoms with van der Waals surface area (Å²) in [5.41, 5.74) is 0. The third-order valence-corrected chi connectivity index (χ3v) is 3.66. The molecule has 16 heavy (non-hydrogen) atoms. The first-order valence-electron chi connectivity index (χ1n) is 6.74. The maximum Gasteiger partial charge on any atom is 0.0127 e. The van der Waals surface area contributed by atoms with Crippen LogP contribution in [0, 0.1) is 5.92 Å². The molecular formula is C13H29N3. The zero-order valence-corrected chi connectivity index (χ0v) is 11.5. The van der Waals surface area contributed by atoms with E-state index in [-0.39, 0.29) is 0 Å². The summed E-state index contributed by atoms with van der Waals surface area (Å²) in [6, 6.07) is 0.736. The highest BCUT2D eigenvalue weighted by molar-refractivity contribution is 4.77. The molecule has 1 fully saturated rings. The Morgan fingerprint density at radius 3 is 2.38 bits per heavy atom. The molecule has 0 aromatic rings. The van der Waals surface area contributed by atoms with Crippen LogP contribution in [0.15, 0.2) is 0 Å². The van der Waals surface area contributed by atoms with Gasteiger partial charge < -0.3 is 15.1 Å². The Kier molecular flexibility index (Phi) is 6.32. The van der Waals surface area contributed by atoms with Gasteiger partial charge in [0.05, 0.1) is 0 Å². The average Bonchev–Trinajstić information content (AvgIpc) is 2.26. The maximum absolute atomic E-state index is 3.41. The minimum Gasteiger partial charge on any atom is -0.314 e. The molecule has 96 valence electrons. The van der Waals surface area contributed by atoms with E-state index in [9.17, 15) is 0 Å². The van der Waals surface area contributed by atoms with E-state index < -0.39 is 0 Å². The monoisotopic (exact) mass is 227 g/mol. The topological polar surface area (TPSA) is 18.5 Å². The molecule has 2 atom stereocenters. The molecule has 1 aliphatic heterocycles. The van der Waals surface area contributed by atoms with Gasteiger partial charge in [0, 0.05) is 38.8 Å². The van der Waals surface area contributed by atoms with Crippen LogP contribution in [0.4, 0.5) is 0 Å². The van der Waals surface area contributed by atoms with Crippen molar-refractivity contribution in [2.45, 2.75) is 32.7 Å². The average molecular weight is 227 g/mol. The first-order chi connectivity index (χ1) is 7.65. The van der Waals surface area contributed by atoms with Gasteiger partial charge in [-0.2, -0.15) is 0 Å². The van der Waals surface area contributed by atoms with E-state index in [1.54, 1.807) is 0 Å². The van der Waals surface area contributed by atoms with Crippen molar-refractivity contribution in [3.05, 3.63) is 0 Å². The van der Waals surface area contributed by atoms with Crippen LogP contribution in [-0.2, 0) is 0 Å². The highest BCUT2D eigenvalue weighted by Gasteiger charge is 2.21. The standard InChI is InChI=1S/C13H29N3/c1-5-6-13(15(3)4)12(2)11-16-9-7-14-8-10-16/h12-14H,5-11H2,1-4H3. The molecular weight excluding hydrogens is 198 g/mol. The van der Waals surface area contributed by atoms with E-state index >= 15 is 0 Å². The highest BCUT2D eigenvalue weighted by atomic mass is 15.2. The van der Waals surface area contributed by atoms with Crippen molar-refractivity contribution in [3.63, 3.8) is 0 Å². The third kappa shape index (κ3) is 4.40. The quantitative estimate of drug-likeness (QED) is 0.737. The lowest BCUT2D eigenvalue weighted by Gasteiger charge is -2.35. The number of hydrogen-bond donors (Lipinski definition) is 1. The summed E-state index contributed by atoms with van der Waals surface area (Å²) in [5.74, 6) is 0.771. The van der Waals surface area contributed by atoms with Crippen LogP contribution in [-0.4, -0.2) is 62.7 Å². The van der Waals surface area contributed by atoms with E-state index in [0.29, 0.717) is 0 Å². The van der Waals surface area contributed by atoms with Crippen LogP contribution in [0.3, 0.4) is 0 Å². The Hall–Kier alpha value is -0.120. The van der Waals surface area contributed by atoms with Crippen LogP contribution < -0.4 is 5.32 Å². The highest BCUT2D eigenvalue weighted by Crippen LogP contribution is 2.15. The van der Waals surface area contributed by atoms with E-state index in [2.05, 4.69) is 43.1 Å². The van der Waals surface area contributed by atoms with Gasteiger partial charge in [-0.15, -0.1) is 0 Å². The molecule has 0 bridgehead atoms. The van der Waals surface area contributed by atoms with Gasteiger partial charge in [0.15, 0.2) is 0 Å². The van der Waals surface area contributed by atoms with Crippen molar-refractivity contribution < 1.29 is 0 Å². The fraction of sp³-hybridized carbons (Fsp3) is 1.00. The molecule has 3 heteroatoms. The predicted molar refractivity (Wildman–Crippen MR) is 70.9 cm³/mol. The van der Waals surface area contributed by atoms with Crippen molar-refractivity contribution in [3.8, 4) is 0 Å². The van der Waals surface area contributed by atoms with Crippen molar-refractivity contribution in [2.75, 3.05) is 46.8 Å². The van der Waals surface area contributed by atoms with E-state index in [1.165, 1.54) is 32.5 Å². The normalized spacial score (nSPS) is 22.3. The summed E-state index contributed by atoms with van der Waals surface area (Å²) in [5, 5.41) is 3.41. The Bertz CT molecular complexity index is 176. The molecule has 0 spiro atoms. The SMILES string of the molecule is CCCC(C(C)CN1CCNCC1)N(C)C. The van der Waals surface area contributed by atoms with Crippen LogP contribution in [0.1, 0.15) is 26.7 Å². The van der Waals surface area contributed by atoms with E-state index in [4.69, 9.17) is 0 Å². The van der Waals surface area contributed by atoms with Crippen LogP contribution in [0.5, 0.6) is 0 Å². The lowest BCUT2D eigenvalue weighted by atomic mass is 9.96. The summed E-state index contributed by atoms with van der Waals surface area (Å²) in [4.78, 5) is 5.00. The molecule has 1 aliphatic rings. The van der Waals surface area contributed by atoms with Crippen molar-refractivity contribution in [1.29, 1.82) is 0 Å². The zero-order chi connectivity index (χ0) is 12.0. The summed E-state index contributed by atoms with van der Waals surface area (Å²) < 4.78 is 0. The third-order valence-electron chi connectivity index (χ3n) is 3.66. The molecule has 2 unspecified atom stereocenters. The number of nitrogens with zero attached hydrogens (tertiary/aromatic N) is 2. The molecule has 0 aromatic heterocycles. The summed E-state index contributed by atoms with van der Waals surface area (Å²) >= 11 is 0. The van der Waals surface area contributed by atoms with Crippen molar-refractivity contribution >= 4 is 0 Å². The van der Waals surface area contributed by atoms with Gasteiger partial charge in [-0.25, -0.2) is 0 Å².